The van der Waals surface area contributed by atoms with E-state index in [-0.39, 0.29) is 0 Å². The van der Waals surface area contributed by atoms with Crippen molar-refractivity contribution in [3.8, 4) is 5.75 Å². The second-order valence-electron chi connectivity index (χ2n) is 6.01. The van der Waals surface area contributed by atoms with Crippen molar-refractivity contribution in [3.63, 3.8) is 0 Å². The Bertz CT molecular complexity index is 533. The topological polar surface area (TPSA) is 37.3 Å². The first kappa shape index (κ1) is 19.0. The van der Waals surface area contributed by atoms with E-state index < -0.39 is 0 Å². The number of aryl methyl sites for hydroxylation is 2. The van der Waals surface area contributed by atoms with Crippen molar-refractivity contribution in [1.82, 2.24) is 0 Å². The summed E-state index contributed by atoms with van der Waals surface area (Å²) in [6, 6.07) is 16.1. The summed E-state index contributed by atoms with van der Waals surface area (Å²) in [5, 5.41) is 9.16. The molecule has 1 aliphatic rings. The molecule has 1 aliphatic carbocycles. The molecule has 0 heterocycles. The molecule has 0 aliphatic heterocycles. The third-order valence-corrected chi connectivity index (χ3v) is 4.40. The molecule has 2 heteroatoms. The van der Waals surface area contributed by atoms with Gasteiger partial charge in [0.05, 0.1) is 0 Å². The van der Waals surface area contributed by atoms with Gasteiger partial charge in [-0.2, -0.15) is 0 Å². The summed E-state index contributed by atoms with van der Waals surface area (Å²) in [7, 11) is 0. The number of hydrogen-bond donors (Lipinski definition) is 1. The van der Waals surface area contributed by atoms with Crippen LogP contribution in [-0.2, 0) is 4.79 Å². The minimum absolute atomic E-state index is 0.375. The maximum atomic E-state index is 9.16. The molecule has 1 N–H and O–H groups in total. The molecule has 23 heavy (non-hydrogen) atoms. The molecule has 3 rings (SSSR count). The van der Waals surface area contributed by atoms with Crippen molar-refractivity contribution in [2.75, 3.05) is 0 Å². The summed E-state index contributed by atoms with van der Waals surface area (Å²) in [5.41, 5.74) is 4.14. The van der Waals surface area contributed by atoms with Crippen LogP contribution >= 0.6 is 0 Å². The van der Waals surface area contributed by atoms with Gasteiger partial charge in [-0.3, -0.25) is 0 Å². The average Bonchev–Trinajstić information content (AvgIpc) is 2.61. The number of hydrogen-bond acceptors (Lipinski definition) is 2. The molecule has 0 saturated heterocycles. The number of carbonyl (C=O) groups is 1. The number of phenols is 1. The van der Waals surface area contributed by atoms with E-state index in [1.165, 1.54) is 48.8 Å². The van der Waals surface area contributed by atoms with E-state index in [1.807, 2.05) is 6.79 Å². The summed E-state index contributed by atoms with van der Waals surface area (Å²) in [5.74, 6) is 1.12. The average molecular weight is 312 g/mol. The van der Waals surface area contributed by atoms with Crippen LogP contribution in [0.5, 0.6) is 5.75 Å². The first-order valence-electron chi connectivity index (χ1n) is 8.27. The summed E-state index contributed by atoms with van der Waals surface area (Å²) in [6.07, 6.45) is 6.78. The Morgan fingerprint density at radius 3 is 1.74 bits per heavy atom. The number of carbonyl (C=O) groups excluding carboxylic acids is 1. The molecule has 2 aromatic rings. The van der Waals surface area contributed by atoms with Crippen LogP contribution in [0.4, 0.5) is 0 Å². The summed E-state index contributed by atoms with van der Waals surface area (Å²) in [6.45, 7) is 6.24. The monoisotopic (exact) mass is 312 g/mol. The molecule has 0 atom stereocenters. The van der Waals surface area contributed by atoms with Crippen molar-refractivity contribution in [2.45, 2.75) is 51.9 Å². The van der Waals surface area contributed by atoms with Crippen LogP contribution < -0.4 is 0 Å². The second kappa shape index (κ2) is 10.6. The Labute approximate surface area is 140 Å². The molecular formula is C21H28O2. The largest absolute Gasteiger partial charge is 0.508 e. The lowest BCUT2D eigenvalue weighted by Crippen LogP contribution is -2.03. The predicted octanol–water partition coefficient (Wildman–Crippen LogP) is 5.56. The SMILES string of the molecule is C=O.Cc1ccccc1C.Oc1ccc(C2CCCCC2)cc1. The molecule has 2 nitrogen and oxygen atoms in total. The third kappa shape index (κ3) is 6.68. The minimum Gasteiger partial charge on any atom is -0.508 e. The number of rotatable bonds is 1. The van der Waals surface area contributed by atoms with Gasteiger partial charge in [0, 0.05) is 0 Å². The van der Waals surface area contributed by atoms with Crippen LogP contribution in [0.3, 0.4) is 0 Å². The Balaban J connectivity index is 0.000000228. The van der Waals surface area contributed by atoms with Gasteiger partial charge >= 0.3 is 0 Å². The quantitative estimate of drug-likeness (QED) is 0.748. The highest BCUT2D eigenvalue weighted by atomic mass is 16.3. The van der Waals surface area contributed by atoms with Crippen molar-refractivity contribution < 1.29 is 9.90 Å². The van der Waals surface area contributed by atoms with Gasteiger partial charge in [-0.25, -0.2) is 0 Å². The molecule has 0 unspecified atom stereocenters. The molecular weight excluding hydrogens is 284 g/mol. The van der Waals surface area contributed by atoms with Crippen molar-refractivity contribution in [3.05, 3.63) is 65.2 Å². The zero-order valence-electron chi connectivity index (χ0n) is 14.3. The van der Waals surface area contributed by atoms with Gasteiger partial charge in [0.2, 0.25) is 0 Å². The lowest BCUT2D eigenvalue weighted by atomic mass is 9.84. The predicted molar refractivity (Wildman–Crippen MR) is 97.0 cm³/mol. The Morgan fingerprint density at radius 2 is 1.30 bits per heavy atom. The van der Waals surface area contributed by atoms with Gasteiger partial charge in [0.15, 0.2) is 0 Å². The van der Waals surface area contributed by atoms with Crippen LogP contribution in [0.2, 0.25) is 0 Å². The van der Waals surface area contributed by atoms with E-state index in [0.717, 1.165) is 5.92 Å². The second-order valence-corrected chi connectivity index (χ2v) is 6.01. The fraction of sp³-hybridized carbons (Fsp3) is 0.381. The molecule has 0 spiro atoms. The molecule has 1 fully saturated rings. The Kier molecular flexibility index (Phi) is 8.74. The fourth-order valence-corrected chi connectivity index (χ4v) is 2.85. The molecule has 1 saturated carbocycles. The highest BCUT2D eigenvalue weighted by molar-refractivity contribution is 5.28. The zero-order valence-corrected chi connectivity index (χ0v) is 14.3. The summed E-state index contributed by atoms with van der Waals surface area (Å²) >= 11 is 0. The van der Waals surface area contributed by atoms with Crippen LogP contribution in [0, 0.1) is 13.8 Å². The van der Waals surface area contributed by atoms with E-state index >= 15 is 0 Å². The lowest BCUT2D eigenvalue weighted by molar-refractivity contribution is -0.0979. The lowest BCUT2D eigenvalue weighted by Gasteiger charge is -2.21. The molecule has 0 radical (unpaired) electrons. The van der Waals surface area contributed by atoms with Crippen LogP contribution in [0.25, 0.3) is 0 Å². The molecule has 2 aromatic carbocycles. The van der Waals surface area contributed by atoms with Crippen LogP contribution in [0.1, 0.15) is 54.7 Å². The minimum atomic E-state index is 0.375. The van der Waals surface area contributed by atoms with Crippen LogP contribution in [0.15, 0.2) is 48.5 Å². The fourth-order valence-electron chi connectivity index (χ4n) is 2.85. The third-order valence-electron chi connectivity index (χ3n) is 4.40. The molecule has 0 bridgehead atoms. The van der Waals surface area contributed by atoms with Gasteiger partial charge in [0.1, 0.15) is 12.5 Å². The van der Waals surface area contributed by atoms with Gasteiger partial charge in [-0.1, -0.05) is 55.7 Å². The van der Waals surface area contributed by atoms with E-state index in [1.54, 1.807) is 12.1 Å². The Hall–Kier alpha value is -2.09. The molecule has 124 valence electrons. The van der Waals surface area contributed by atoms with Gasteiger partial charge in [-0.15, -0.1) is 0 Å². The Morgan fingerprint density at radius 1 is 0.826 bits per heavy atom. The smallest absolute Gasteiger partial charge is 0.115 e. The van der Waals surface area contributed by atoms with Crippen LogP contribution in [-0.4, -0.2) is 11.9 Å². The van der Waals surface area contributed by atoms with Gasteiger partial charge in [0.25, 0.3) is 0 Å². The van der Waals surface area contributed by atoms with E-state index in [9.17, 15) is 0 Å². The zero-order chi connectivity index (χ0) is 17.1. The number of benzene rings is 2. The van der Waals surface area contributed by atoms with Crippen molar-refractivity contribution in [1.29, 1.82) is 0 Å². The highest BCUT2D eigenvalue weighted by Gasteiger charge is 2.14. The highest BCUT2D eigenvalue weighted by Crippen LogP contribution is 2.32. The number of phenolic OH excluding ortho intramolecular Hbond substituents is 1. The number of aromatic hydroxyl groups is 1. The van der Waals surface area contributed by atoms with Crippen molar-refractivity contribution >= 4 is 6.79 Å². The standard InChI is InChI=1S/C12H16O.C8H10.CH2O/c13-12-8-6-11(7-9-12)10-4-2-1-3-5-10;1-7-5-3-4-6-8(7)2;1-2/h6-10,13H,1-5H2;3-6H,1-2H3;1H2. The van der Waals surface area contributed by atoms with E-state index in [2.05, 4.69) is 50.2 Å². The summed E-state index contributed by atoms with van der Waals surface area (Å²) in [4.78, 5) is 8.00. The first-order valence-corrected chi connectivity index (χ1v) is 8.27. The van der Waals surface area contributed by atoms with Gasteiger partial charge < -0.3 is 9.90 Å². The van der Waals surface area contributed by atoms with E-state index in [4.69, 9.17) is 9.90 Å². The first-order chi connectivity index (χ1) is 11.2. The molecule has 0 amide bonds. The van der Waals surface area contributed by atoms with E-state index in [0.29, 0.717) is 5.75 Å². The summed E-state index contributed by atoms with van der Waals surface area (Å²) < 4.78 is 0. The molecule has 0 aromatic heterocycles. The van der Waals surface area contributed by atoms with Gasteiger partial charge in [-0.05, 0) is 61.4 Å². The maximum absolute atomic E-state index is 9.16. The normalized spacial score (nSPS) is 14.0. The maximum Gasteiger partial charge on any atom is 0.115 e. The van der Waals surface area contributed by atoms with Crippen molar-refractivity contribution in [2.24, 2.45) is 0 Å².